The fraction of sp³-hybridized carbons (Fsp3) is 0.562. The van der Waals surface area contributed by atoms with Gasteiger partial charge >= 0.3 is 5.97 Å². The van der Waals surface area contributed by atoms with Gasteiger partial charge in [-0.05, 0) is 43.2 Å². The van der Waals surface area contributed by atoms with Crippen LogP contribution in [0.4, 0.5) is 0 Å². The number of aliphatic carboxylic acids is 1. The van der Waals surface area contributed by atoms with Gasteiger partial charge in [-0.1, -0.05) is 19.8 Å². The molecule has 4 heteroatoms. The number of benzene rings is 1. The van der Waals surface area contributed by atoms with E-state index in [0.29, 0.717) is 12.8 Å². The van der Waals surface area contributed by atoms with Gasteiger partial charge < -0.3 is 9.84 Å². The molecule has 0 atom stereocenters. The molecule has 20 heavy (non-hydrogen) atoms. The SMILES string of the molecule is CCc1cc(OC)c(C2(C(=O)O)CCCC2)cc1SC. The van der Waals surface area contributed by atoms with Crippen molar-refractivity contribution in [3.05, 3.63) is 23.3 Å². The Labute approximate surface area is 124 Å². The highest BCUT2D eigenvalue weighted by atomic mass is 32.2. The second kappa shape index (κ2) is 6.08. The van der Waals surface area contributed by atoms with E-state index in [-0.39, 0.29) is 0 Å². The van der Waals surface area contributed by atoms with Gasteiger partial charge in [0.1, 0.15) is 5.75 Å². The molecule has 0 bridgehead atoms. The van der Waals surface area contributed by atoms with Gasteiger partial charge in [0.25, 0.3) is 0 Å². The summed E-state index contributed by atoms with van der Waals surface area (Å²) in [7, 11) is 1.63. The summed E-state index contributed by atoms with van der Waals surface area (Å²) < 4.78 is 5.50. The monoisotopic (exact) mass is 294 g/mol. The van der Waals surface area contributed by atoms with Gasteiger partial charge in [0.15, 0.2) is 0 Å². The Hall–Kier alpha value is -1.16. The van der Waals surface area contributed by atoms with Crippen molar-refractivity contribution in [2.75, 3.05) is 13.4 Å². The molecule has 1 aromatic carbocycles. The minimum atomic E-state index is -0.762. The molecule has 1 N–H and O–H groups in total. The van der Waals surface area contributed by atoms with E-state index in [1.807, 2.05) is 18.4 Å². The van der Waals surface area contributed by atoms with Gasteiger partial charge in [-0.25, -0.2) is 0 Å². The zero-order valence-corrected chi connectivity index (χ0v) is 13.2. The molecule has 1 aliphatic carbocycles. The van der Waals surface area contributed by atoms with Gasteiger partial charge in [0, 0.05) is 10.5 Å². The van der Waals surface area contributed by atoms with Crippen molar-refractivity contribution >= 4 is 17.7 Å². The summed E-state index contributed by atoms with van der Waals surface area (Å²) >= 11 is 1.67. The summed E-state index contributed by atoms with van der Waals surface area (Å²) in [5.74, 6) is 0.00792. The van der Waals surface area contributed by atoms with Gasteiger partial charge in [0.05, 0.1) is 12.5 Å². The minimum absolute atomic E-state index is 0.706. The van der Waals surface area contributed by atoms with E-state index < -0.39 is 11.4 Å². The van der Waals surface area contributed by atoms with E-state index in [1.54, 1.807) is 18.9 Å². The first-order valence-corrected chi connectivity index (χ1v) is 8.30. The van der Waals surface area contributed by atoms with Crippen molar-refractivity contribution in [2.24, 2.45) is 0 Å². The van der Waals surface area contributed by atoms with Crippen LogP contribution in [0.2, 0.25) is 0 Å². The molecule has 2 rings (SSSR count). The van der Waals surface area contributed by atoms with Crippen LogP contribution in [0.3, 0.4) is 0 Å². The molecular weight excluding hydrogens is 272 g/mol. The first kappa shape index (κ1) is 15.2. The molecule has 1 fully saturated rings. The normalized spacial score (nSPS) is 17.1. The molecule has 110 valence electrons. The molecule has 1 aliphatic rings. The number of carboxylic acid groups (broad SMARTS) is 1. The lowest BCUT2D eigenvalue weighted by Crippen LogP contribution is -2.33. The third-order valence-corrected chi connectivity index (χ3v) is 5.19. The van der Waals surface area contributed by atoms with Crippen molar-refractivity contribution in [3.8, 4) is 5.75 Å². The fourth-order valence-electron chi connectivity index (χ4n) is 3.19. The number of hydrogen-bond donors (Lipinski definition) is 1. The first-order valence-electron chi connectivity index (χ1n) is 7.07. The van der Waals surface area contributed by atoms with Crippen molar-refractivity contribution in [2.45, 2.75) is 49.3 Å². The average Bonchev–Trinajstić information content (AvgIpc) is 2.96. The predicted octanol–water partition coefficient (Wildman–Crippen LogP) is 3.88. The minimum Gasteiger partial charge on any atom is -0.496 e. The Morgan fingerprint density at radius 2 is 2.05 bits per heavy atom. The van der Waals surface area contributed by atoms with E-state index in [0.717, 1.165) is 35.5 Å². The summed E-state index contributed by atoms with van der Waals surface area (Å²) in [5.41, 5.74) is 1.31. The number of rotatable bonds is 5. The lowest BCUT2D eigenvalue weighted by Gasteiger charge is -2.27. The maximum Gasteiger partial charge on any atom is 0.314 e. The van der Waals surface area contributed by atoms with Crippen molar-refractivity contribution in [1.29, 1.82) is 0 Å². The summed E-state index contributed by atoms with van der Waals surface area (Å²) in [4.78, 5) is 13.0. The highest BCUT2D eigenvalue weighted by molar-refractivity contribution is 7.98. The zero-order chi connectivity index (χ0) is 14.8. The van der Waals surface area contributed by atoms with Gasteiger partial charge in [-0.2, -0.15) is 0 Å². The molecule has 0 aromatic heterocycles. The highest BCUT2D eigenvalue weighted by Gasteiger charge is 2.45. The topological polar surface area (TPSA) is 46.5 Å². The second-order valence-electron chi connectivity index (χ2n) is 5.31. The number of aryl methyl sites for hydroxylation is 1. The third kappa shape index (κ3) is 2.41. The summed E-state index contributed by atoms with van der Waals surface area (Å²) in [5, 5.41) is 9.76. The van der Waals surface area contributed by atoms with Crippen LogP contribution >= 0.6 is 11.8 Å². The second-order valence-corrected chi connectivity index (χ2v) is 6.16. The van der Waals surface area contributed by atoms with E-state index in [1.165, 1.54) is 5.56 Å². The molecule has 0 spiro atoms. The van der Waals surface area contributed by atoms with Crippen LogP contribution in [0.25, 0.3) is 0 Å². The van der Waals surface area contributed by atoms with Gasteiger partial charge in [-0.3, -0.25) is 4.79 Å². The van der Waals surface area contributed by atoms with Crippen LogP contribution in [0.5, 0.6) is 5.75 Å². The van der Waals surface area contributed by atoms with Gasteiger partial charge in [-0.15, -0.1) is 11.8 Å². The van der Waals surface area contributed by atoms with Gasteiger partial charge in [0.2, 0.25) is 0 Å². The first-order chi connectivity index (χ1) is 9.58. The summed E-state index contributed by atoms with van der Waals surface area (Å²) in [6.07, 6.45) is 6.31. The molecule has 0 unspecified atom stereocenters. The van der Waals surface area contributed by atoms with Crippen LogP contribution in [-0.2, 0) is 16.6 Å². The van der Waals surface area contributed by atoms with Crippen LogP contribution in [-0.4, -0.2) is 24.4 Å². The molecule has 1 aromatic rings. The standard InChI is InChI=1S/C16H22O3S/c1-4-11-9-13(19-2)12(10-14(11)20-3)16(15(17)18)7-5-6-8-16/h9-10H,4-8H2,1-3H3,(H,17,18). The Balaban J connectivity index is 2.62. The largest absolute Gasteiger partial charge is 0.496 e. The Bertz CT molecular complexity index is 505. The molecule has 0 radical (unpaired) electrons. The van der Waals surface area contributed by atoms with Crippen LogP contribution in [0, 0.1) is 0 Å². The van der Waals surface area contributed by atoms with Crippen molar-refractivity contribution < 1.29 is 14.6 Å². The highest BCUT2D eigenvalue weighted by Crippen LogP contribution is 2.46. The Morgan fingerprint density at radius 1 is 1.40 bits per heavy atom. The number of ether oxygens (including phenoxy) is 1. The van der Waals surface area contributed by atoms with E-state index in [4.69, 9.17) is 4.74 Å². The Morgan fingerprint density at radius 3 is 2.50 bits per heavy atom. The van der Waals surface area contributed by atoms with Crippen molar-refractivity contribution in [3.63, 3.8) is 0 Å². The quantitative estimate of drug-likeness (QED) is 0.837. The maximum atomic E-state index is 11.9. The summed E-state index contributed by atoms with van der Waals surface area (Å²) in [6.45, 7) is 2.11. The lowest BCUT2D eigenvalue weighted by molar-refractivity contribution is -0.143. The van der Waals surface area contributed by atoms with Crippen LogP contribution < -0.4 is 4.74 Å². The molecule has 0 amide bonds. The van der Waals surface area contributed by atoms with E-state index >= 15 is 0 Å². The zero-order valence-electron chi connectivity index (χ0n) is 12.4. The Kier molecular flexibility index (Phi) is 4.63. The fourth-order valence-corrected chi connectivity index (χ4v) is 3.89. The third-order valence-electron chi connectivity index (χ3n) is 4.37. The molecule has 1 saturated carbocycles. The molecule has 3 nitrogen and oxygen atoms in total. The molecular formula is C16H22O3S. The molecule has 0 saturated heterocycles. The number of thioether (sulfide) groups is 1. The molecule has 0 aliphatic heterocycles. The maximum absolute atomic E-state index is 11.9. The number of carboxylic acids is 1. The summed E-state index contributed by atoms with van der Waals surface area (Å²) in [6, 6.07) is 4.06. The average molecular weight is 294 g/mol. The lowest BCUT2D eigenvalue weighted by atomic mass is 9.78. The van der Waals surface area contributed by atoms with E-state index in [2.05, 4.69) is 6.92 Å². The number of methoxy groups -OCH3 is 1. The number of hydrogen-bond acceptors (Lipinski definition) is 3. The molecule has 0 heterocycles. The predicted molar refractivity (Wildman–Crippen MR) is 81.9 cm³/mol. The van der Waals surface area contributed by atoms with Crippen LogP contribution in [0.15, 0.2) is 17.0 Å². The smallest absolute Gasteiger partial charge is 0.314 e. The van der Waals surface area contributed by atoms with Crippen molar-refractivity contribution in [1.82, 2.24) is 0 Å². The number of carbonyl (C=O) groups is 1. The van der Waals surface area contributed by atoms with E-state index in [9.17, 15) is 9.90 Å². The van der Waals surface area contributed by atoms with Crippen LogP contribution in [0.1, 0.15) is 43.7 Å².